The van der Waals surface area contributed by atoms with Gasteiger partial charge in [-0.1, -0.05) is 43.7 Å². The summed E-state index contributed by atoms with van der Waals surface area (Å²) in [6.07, 6.45) is 1.63. The number of ether oxygens (including phenoxy) is 1. The smallest absolute Gasteiger partial charge is 0.143 e. The maximum atomic E-state index is 9.08. The standard InChI is InChI=1S/C11H16O.C2H6O2.C2H6.H3NO.Y/c1-9-4-3-5-11(8-9)7-6-10(2)12;1-4-2-3;2*1-2;/h3-5,8,10,12H,6-7H2,1-2H3;3H,2H2,1H3;1-2H3;2H,1H2;. The molecule has 0 bridgehead atoms. The number of rotatable bonds is 4. The van der Waals surface area contributed by atoms with Gasteiger partial charge in [-0.15, -0.1) is 0 Å². The molecule has 5 N–H and O–H groups in total. The minimum absolute atomic E-state index is 0. The molecule has 1 aromatic carbocycles. The summed E-state index contributed by atoms with van der Waals surface area (Å²) in [6.45, 7) is 7.74. The minimum atomic E-state index is -0.189. The van der Waals surface area contributed by atoms with Crippen LogP contribution in [0.5, 0.6) is 0 Å². The van der Waals surface area contributed by atoms with Gasteiger partial charge in [0.25, 0.3) is 0 Å². The summed E-state index contributed by atoms with van der Waals surface area (Å²) in [5, 5.41) is 23.2. The van der Waals surface area contributed by atoms with Crippen molar-refractivity contribution in [2.75, 3.05) is 13.9 Å². The Morgan fingerprint density at radius 2 is 1.71 bits per heavy atom. The molecular formula is C15H31NO4Y. The molecule has 0 spiro atoms. The van der Waals surface area contributed by atoms with Crippen LogP contribution in [0, 0.1) is 6.92 Å². The monoisotopic (exact) mass is 378 g/mol. The van der Waals surface area contributed by atoms with Crippen LogP contribution in [0.2, 0.25) is 0 Å². The predicted octanol–water partition coefficient (Wildman–Crippen LogP) is 2.25. The van der Waals surface area contributed by atoms with Crippen LogP contribution in [0.4, 0.5) is 0 Å². The van der Waals surface area contributed by atoms with Gasteiger partial charge in [0, 0.05) is 39.8 Å². The summed E-state index contributed by atoms with van der Waals surface area (Å²) in [5.41, 5.74) is 2.61. The van der Waals surface area contributed by atoms with Gasteiger partial charge >= 0.3 is 0 Å². The molecule has 0 heterocycles. The zero-order valence-corrected chi connectivity index (χ0v) is 16.8. The number of nitrogens with two attached hydrogens (primary N) is 1. The van der Waals surface area contributed by atoms with Crippen molar-refractivity contribution in [2.24, 2.45) is 5.90 Å². The van der Waals surface area contributed by atoms with E-state index in [2.05, 4.69) is 41.8 Å². The Hall–Kier alpha value is 0.124. The van der Waals surface area contributed by atoms with Crippen LogP contribution >= 0.6 is 0 Å². The first-order valence-electron chi connectivity index (χ1n) is 6.69. The van der Waals surface area contributed by atoms with Crippen LogP contribution in [0.15, 0.2) is 24.3 Å². The molecule has 5 nitrogen and oxygen atoms in total. The van der Waals surface area contributed by atoms with E-state index in [1.165, 1.54) is 18.2 Å². The van der Waals surface area contributed by atoms with E-state index in [0.29, 0.717) is 0 Å². The number of hydrogen-bond acceptors (Lipinski definition) is 5. The van der Waals surface area contributed by atoms with E-state index in [-0.39, 0.29) is 45.6 Å². The Labute approximate surface area is 154 Å². The molecule has 1 aromatic rings. The summed E-state index contributed by atoms with van der Waals surface area (Å²) in [5.74, 6) is 3.50. The molecule has 0 amide bonds. The second kappa shape index (κ2) is 25.1. The summed E-state index contributed by atoms with van der Waals surface area (Å²) in [7, 11) is 1.43. The van der Waals surface area contributed by atoms with Gasteiger partial charge in [-0.05, 0) is 32.3 Å². The van der Waals surface area contributed by atoms with Crippen molar-refractivity contribution in [2.45, 2.75) is 46.6 Å². The predicted molar refractivity (Wildman–Crippen MR) is 82.6 cm³/mol. The second-order valence-electron chi connectivity index (χ2n) is 3.79. The van der Waals surface area contributed by atoms with Gasteiger partial charge in [-0.2, -0.15) is 0 Å². The van der Waals surface area contributed by atoms with Crippen molar-refractivity contribution in [3.63, 3.8) is 0 Å². The van der Waals surface area contributed by atoms with E-state index in [1.807, 2.05) is 20.8 Å². The molecule has 1 rings (SSSR count). The molecule has 0 aliphatic rings. The number of aliphatic hydroxyl groups excluding tert-OH is 2. The Morgan fingerprint density at radius 1 is 1.24 bits per heavy atom. The van der Waals surface area contributed by atoms with Gasteiger partial charge in [-0.25, -0.2) is 5.90 Å². The SMILES string of the molecule is CC.COCO.Cc1cccc(CCC(C)O)c1.NO.[Y]. The summed E-state index contributed by atoms with van der Waals surface area (Å²) >= 11 is 0. The molecule has 0 aliphatic carbocycles. The molecule has 6 heteroatoms. The van der Waals surface area contributed by atoms with Crippen LogP contribution in [0.1, 0.15) is 38.3 Å². The number of hydrogen-bond donors (Lipinski definition) is 4. The quantitative estimate of drug-likeness (QED) is 0.476. The van der Waals surface area contributed by atoms with Crippen molar-refractivity contribution >= 4 is 0 Å². The molecular weight excluding hydrogens is 347 g/mol. The van der Waals surface area contributed by atoms with E-state index in [1.54, 1.807) is 0 Å². The maximum Gasteiger partial charge on any atom is 0.143 e. The normalized spacial score (nSPS) is 9.38. The molecule has 0 saturated carbocycles. The molecule has 1 unspecified atom stereocenters. The number of aliphatic hydroxyl groups is 2. The van der Waals surface area contributed by atoms with Gasteiger partial charge in [0.1, 0.15) is 6.79 Å². The zero-order chi connectivity index (χ0) is 16.4. The third-order valence-corrected chi connectivity index (χ3v) is 2.06. The van der Waals surface area contributed by atoms with E-state index in [9.17, 15) is 0 Å². The van der Waals surface area contributed by atoms with Crippen molar-refractivity contribution in [1.29, 1.82) is 0 Å². The first-order chi connectivity index (χ1) is 9.60. The minimum Gasteiger partial charge on any atom is -0.393 e. The average molecular weight is 378 g/mol. The molecule has 1 radical (unpaired) electrons. The van der Waals surface area contributed by atoms with Crippen molar-refractivity contribution in [1.82, 2.24) is 0 Å². The Bertz CT molecular complexity index is 284. The number of methoxy groups -OCH3 is 1. The molecule has 0 aliphatic heterocycles. The molecule has 0 fully saturated rings. The molecule has 1 atom stereocenters. The van der Waals surface area contributed by atoms with E-state index >= 15 is 0 Å². The van der Waals surface area contributed by atoms with Crippen molar-refractivity contribution in [3.05, 3.63) is 35.4 Å². The fourth-order valence-electron chi connectivity index (χ4n) is 1.24. The van der Waals surface area contributed by atoms with Crippen LogP contribution in [-0.2, 0) is 43.9 Å². The van der Waals surface area contributed by atoms with Gasteiger partial charge in [0.2, 0.25) is 0 Å². The van der Waals surface area contributed by atoms with Crippen LogP contribution in [0.3, 0.4) is 0 Å². The van der Waals surface area contributed by atoms with E-state index in [0.717, 1.165) is 12.8 Å². The largest absolute Gasteiger partial charge is 0.393 e. The van der Waals surface area contributed by atoms with Gasteiger partial charge in [0.15, 0.2) is 0 Å². The third kappa shape index (κ3) is 25.4. The molecule has 0 saturated heterocycles. The topological polar surface area (TPSA) is 95.9 Å². The Morgan fingerprint density at radius 3 is 2.05 bits per heavy atom. The Kier molecular flexibility index (Phi) is 34.9. The third-order valence-electron chi connectivity index (χ3n) is 2.06. The van der Waals surface area contributed by atoms with E-state index in [4.69, 9.17) is 15.4 Å². The van der Waals surface area contributed by atoms with Crippen molar-refractivity contribution < 1.29 is 52.9 Å². The summed E-state index contributed by atoms with van der Waals surface area (Å²) in [6, 6.07) is 8.43. The number of benzene rings is 1. The first kappa shape index (κ1) is 29.2. The maximum absolute atomic E-state index is 9.08. The van der Waals surface area contributed by atoms with Crippen LogP contribution < -0.4 is 5.90 Å². The number of aryl methyl sites for hydroxylation is 2. The van der Waals surface area contributed by atoms with Gasteiger partial charge in [0.05, 0.1) is 6.10 Å². The molecule has 21 heavy (non-hydrogen) atoms. The molecule has 123 valence electrons. The van der Waals surface area contributed by atoms with Gasteiger partial charge < -0.3 is 20.2 Å². The first-order valence-corrected chi connectivity index (χ1v) is 6.69. The fourth-order valence-corrected chi connectivity index (χ4v) is 1.24. The van der Waals surface area contributed by atoms with Crippen molar-refractivity contribution in [3.8, 4) is 0 Å². The fraction of sp³-hybridized carbons (Fsp3) is 0.600. The van der Waals surface area contributed by atoms with Crippen LogP contribution in [0.25, 0.3) is 0 Å². The van der Waals surface area contributed by atoms with Crippen LogP contribution in [-0.4, -0.2) is 35.4 Å². The Balaban J connectivity index is -0.000000137. The second-order valence-corrected chi connectivity index (χ2v) is 3.79. The average Bonchev–Trinajstić information content (AvgIpc) is 2.49. The van der Waals surface area contributed by atoms with Gasteiger partial charge in [-0.3, -0.25) is 0 Å². The molecule has 0 aromatic heterocycles. The summed E-state index contributed by atoms with van der Waals surface area (Å²) < 4.78 is 4.10. The zero-order valence-electron chi connectivity index (χ0n) is 13.9. The van der Waals surface area contributed by atoms with E-state index < -0.39 is 0 Å². The summed E-state index contributed by atoms with van der Waals surface area (Å²) in [4.78, 5) is 0.